The Balaban J connectivity index is 2.82. The van der Waals surface area contributed by atoms with Gasteiger partial charge in [-0.1, -0.05) is 6.07 Å². The molecule has 92 valence electrons. The smallest absolute Gasteiger partial charge is 0.309 e. The number of methoxy groups -OCH3 is 1. The highest BCUT2D eigenvalue weighted by molar-refractivity contribution is 6.34. The van der Waals surface area contributed by atoms with Crippen molar-refractivity contribution in [3.8, 4) is 5.75 Å². The van der Waals surface area contributed by atoms with Crippen molar-refractivity contribution in [2.45, 2.75) is 20.4 Å². The predicted octanol–water partition coefficient (Wildman–Crippen LogP) is 0.414. The van der Waals surface area contributed by atoms with E-state index in [1.165, 1.54) is 0 Å². The number of amides is 2. The maximum absolute atomic E-state index is 11.0. The van der Waals surface area contributed by atoms with Crippen LogP contribution in [0.1, 0.15) is 16.7 Å². The summed E-state index contributed by atoms with van der Waals surface area (Å²) in [7, 11) is 1.61. The quantitative estimate of drug-likeness (QED) is 0.746. The average Bonchev–Trinajstić information content (AvgIpc) is 2.29. The first kappa shape index (κ1) is 13.0. The minimum Gasteiger partial charge on any atom is -0.496 e. The van der Waals surface area contributed by atoms with E-state index in [1.54, 1.807) is 7.11 Å². The number of nitrogens with two attached hydrogens (primary N) is 1. The number of nitrogens with one attached hydrogen (secondary N) is 1. The second-order valence-electron chi connectivity index (χ2n) is 3.80. The number of benzene rings is 1. The lowest BCUT2D eigenvalue weighted by Gasteiger charge is -2.11. The minimum atomic E-state index is -0.979. The van der Waals surface area contributed by atoms with Crippen LogP contribution in [-0.4, -0.2) is 18.9 Å². The van der Waals surface area contributed by atoms with Crippen molar-refractivity contribution < 1.29 is 14.3 Å². The van der Waals surface area contributed by atoms with Crippen molar-refractivity contribution in [3.05, 3.63) is 28.8 Å². The predicted molar refractivity (Wildman–Crippen MR) is 63.5 cm³/mol. The van der Waals surface area contributed by atoms with Gasteiger partial charge < -0.3 is 15.8 Å². The Morgan fingerprint density at radius 3 is 2.47 bits per heavy atom. The summed E-state index contributed by atoms with van der Waals surface area (Å²) < 4.78 is 5.18. The lowest BCUT2D eigenvalue weighted by Crippen LogP contribution is -2.35. The first-order chi connectivity index (χ1) is 7.95. The zero-order chi connectivity index (χ0) is 13.0. The topological polar surface area (TPSA) is 81.4 Å². The molecule has 0 aliphatic rings. The maximum Gasteiger partial charge on any atom is 0.309 e. The van der Waals surface area contributed by atoms with Gasteiger partial charge in [0.05, 0.1) is 7.11 Å². The van der Waals surface area contributed by atoms with Gasteiger partial charge in [0.15, 0.2) is 0 Å². The summed E-state index contributed by atoms with van der Waals surface area (Å²) in [6.07, 6.45) is 0. The summed E-state index contributed by atoms with van der Waals surface area (Å²) in [4.78, 5) is 21.6. The van der Waals surface area contributed by atoms with Crippen molar-refractivity contribution in [2.24, 2.45) is 5.73 Å². The normalized spacial score (nSPS) is 9.82. The number of hydrogen-bond donors (Lipinski definition) is 2. The van der Waals surface area contributed by atoms with Gasteiger partial charge in [0.25, 0.3) is 0 Å². The van der Waals surface area contributed by atoms with E-state index in [9.17, 15) is 9.59 Å². The lowest BCUT2D eigenvalue weighted by molar-refractivity contribution is -0.137. The van der Waals surface area contributed by atoms with E-state index in [1.807, 2.05) is 26.0 Å². The summed E-state index contributed by atoms with van der Waals surface area (Å²) >= 11 is 0. The standard InChI is InChI=1S/C12H16N2O3/c1-7-5-10(17-3)8(2)4-9(7)6-14-12(16)11(13)15/h4-5H,6H2,1-3H3,(H2,13,15)(H,14,16). The molecule has 0 heterocycles. The SMILES string of the molecule is COc1cc(C)c(CNC(=O)C(N)=O)cc1C. The second kappa shape index (κ2) is 5.34. The van der Waals surface area contributed by atoms with Gasteiger partial charge in [-0.25, -0.2) is 0 Å². The van der Waals surface area contributed by atoms with E-state index >= 15 is 0 Å². The number of carbonyl (C=O) groups is 2. The van der Waals surface area contributed by atoms with Gasteiger partial charge in [-0.3, -0.25) is 9.59 Å². The summed E-state index contributed by atoms with van der Waals surface area (Å²) in [6, 6.07) is 3.80. The molecule has 0 saturated carbocycles. The van der Waals surface area contributed by atoms with Gasteiger partial charge in [0, 0.05) is 6.54 Å². The molecule has 1 aromatic carbocycles. The molecule has 0 aromatic heterocycles. The highest BCUT2D eigenvalue weighted by Crippen LogP contribution is 2.22. The van der Waals surface area contributed by atoms with Crippen LogP contribution >= 0.6 is 0 Å². The number of carbonyl (C=O) groups excluding carboxylic acids is 2. The van der Waals surface area contributed by atoms with Crippen LogP contribution in [0.3, 0.4) is 0 Å². The van der Waals surface area contributed by atoms with Crippen LogP contribution in [0, 0.1) is 13.8 Å². The van der Waals surface area contributed by atoms with E-state index in [4.69, 9.17) is 10.5 Å². The molecule has 5 heteroatoms. The number of rotatable bonds is 3. The van der Waals surface area contributed by atoms with Crippen molar-refractivity contribution in [2.75, 3.05) is 7.11 Å². The molecule has 17 heavy (non-hydrogen) atoms. The number of primary amides is 1. The molecule has 0 spiro atoms. The van der Waals surface area contributed by atoms with Crippen molar-refractivity contribution in [3.63, 3.8) is 0 Å². The molecule has 0 unspecified atom stereocenters. The molecule has 1 rings (SSSR count). The lowest BCUT2D eigenvalue weighted by atomic mass is 10.0. The van der Waals surface area contributed by atoms with Gasteiger partial charge >= 0.3 is 11.8 Å². The zero-order valence-electron chi connectivity index (χ0n) is 10.2. The van der Waals surface area contributed by atoms with Crippen LogP contribution in [0.15, 0.2) is 12.1 Å². The largest absolute Gasteiger partial charge is 0.496 e. The molecule has 0 aliphatic heterocycles. The van der Waals surface area contributed by atoms with Crippen LogP contribution in [-0.2, 0) is 16.1 Å². The fourth-order valence-electron chi connectivity index (χ4n) is 1.52. The molecule has 2 amide bonds. The van der Waals surface area contributed by atoms with Gasteiger partial charge in [-0.2, -0.15) is 0 Å². The Morgan fingerprint density at radius 2 is 1.94 bits per heavy atom. The monoisotopic (exact) mass is 236 g/mol. The molecule has 5 nitrogen and oxygen atoms in total. The molecule has 0 atom stereocenters. The van der Waals surface area contributed by atoms with Crippen LogP contribution in [0.5, 0.6) is 5.75 Å². The number of aryl methyl sites for hydroxylation is 2. The zero-order valence-corrected chi connectivity index (χ0v) is 10.2. The highest BCUT2D eigenvalue weighted by Gasteiger charge is 2.09. The molecule has 3 N–H and O–H groups in total. The Kier molecular flexibility index (Phi) is 4.09. The fourth-order valence-corrected chi connectivity index (χ4v) is 1.52. The van der Waals surface area contributed by atoms with Crippen molar-refractivity contribution in [1.29, 1.82) is 0 Å². The summed E-state index contributed by atoms with van der Waals surface area (Å²) in [5, 5.41) is 2.45. The molecule has 0 aliphatic carbocycles. The van der Waals surface area contributed by atoms with Crippen LogP contribution < -0.4 is 15.8 Å². The van der Waals surface area contributed by atoms with E-state index in [0.29, 0.717) is 0 Å². The molecular weight excluding hydrogens is 220 g/mol. The molecular formula is C12H16N2O3. The van der Waals surface area contributed by atoms with Crippen LogP contribution in [0.25, 0.3) is 0 Å². The second-order valence-corrected chi connectivity index (χ2v) is 3.80. The highest BCUT2D eigenvalue weighted by atomic mass is 16.5. The van der Waals surface area contributed by atoms with Crippen LogP contribution in [0.4, 0.5) is 0 Å². The third kappa shape index (κ3) is 3.21. The van der Waals surface area contributed by atoms with Gasteiger partial charge in [-0.05, 0) is 36.6 Å². The van der Waals surface area contributed by atoms with Crippen molar-refractivity contribution in [1.82, 2.24) is 5.32 Å². The maximum atomic E-state index is 11.0. The third-order valence-electron chi connectivity index (χ3n) is 2.52. The summed E-state index contributed by atoms with van der Waals surface area (Å²) in [5.41, 5.74) is 7.73. The fraction of sp³-hybridized carbons (Fsp3) is 0.333. The first-order valence-electron chi connectivity index (χ1n) is 5.17. The first-order valence-corrected chi connectivity index (χ1v) is 5.17. The molecule has 0 fully saturated rings. The van der Waals surface area contributed by atoms with Gasteiger partial charge in [-0.15, -0.1) is 0 Å². The Morgan fingerprint density at radius 1 is 1.29 bits per heavy atom. The summed E-state index contributed by atoms with van der Waals surface area (Å²) in [6.45, 7) is 4.10. The summed E-state index contributed by atoms with van der Waals surface area (Å²) in [5.74, 6) is -0.960. The molecule has 0 saturated heterocycles. The average molecular weight is 236 g/mol. The molecule has 0 radical (unpaired) electrons. The Labute approximate surface area is 99.9 Å². The van der Waals surface area contributed by atoms with E-state index in [2.05, 4.69) is 5.32 Å². The molecule has 1 aromatic rings. The minimum absolute atomic E-state index is 0.276. The number of hydrogen-bond acceptors (Lipinski definition) is 3. The van der Waals surface area contributed by atoms with Crippen LogP contribution in [0.2, 0.25) is 0 Å². The van der Waals surface area contributed by atoms with Crippen molar-refractivity contribution >= 4 is 11.8 Å². The third-order valence-corrected chi connectivity index (χ3v) is 2.52. The van der Waals surface area contributed by atoms with Gasteiger partial charge in [0.2, 0.25) is 0 Å². The Bertz CT molecular complexity index is 455. The van der Waals surface area contributed by atoms with E-state index in [0.717, 1.165) is 22.4 Å². The van der Waals surface area contributed by atoms with E-state index in [-0.39, 0.29) is 6.54 Å². The van der Waals surface area contributed by atoms with Gasteiger partial charge in [0.1, 0.15) is 5.75 Å². The molecule has 0 bridgehead atoms. The van der Waals surface area contributed by atoms with E-state index < -0.39 is 11.8 Å². The Hall–Kier alpha value is -2.04. The number of ether oxygens (including phenoxy) is 1.